The highest BCUT2D eigenvalue weighted by atomic mass is 32.2. The molecular weight excluding hydrogens is 258 g/mol. The second-order valence-corrected chi connectivity index (χ2v) is 5.70. The SMILES string of the molecule is C/C=C/C(=O)OCc1ccc(S(=O)(=O)N(C)C)o1. The van der Waals surface area contributed by atoms with Gasteiger partial charge in [-0.05, 0) is 19.1 Å². The second-order valence-electron chi connectivity index (χ2n) is 3.62. The van der Waals surface area contributed by atoms with Crippen LogP contribution in [0, 0.1) is 0 Å². The van der Waals surface area contributed by atoms with E-state index >= 15 is 0 Å². The van der Waals surface area contributed by atoms with Crippen LogP contribution in [0.5, 0.6) is 0 Å². The molecule has 0 aliphatic rings. The minimum absolute atomic E-state index is 0.105. The van der Waals surface area contributed by atoms with E-state index in [2.05, 4.69) is 0 Å². The smallest absolute Gasteiger partial charge is 0.330 e. The molecule has 18 heavy (non-hydrogen) atoms. The number of esters is 1. The fraction of sp³-hybridized carbons (Fsp3) is 0.364. The van der Waals surface area contributed by atoms with E-state index in [1.165, 1.54) is 32.3 Å². The van der Waals surface area contributed by atoms with Crippen LogP contribution >= 0.6 is 0 Å². The molecule has 1 aromatic rings. The first-order valence-corrected chi connectivity index (χ1v) is 6.62. The van der Waals surface area contributed by atoms with Gasteiger partial charge in [-0.2, -0.15) is 0 Å². The molecule has 0 bridgehead atoms. The molecule has 0 N–H and O–H groups in total. The molecule has 7 heteroatoms. The molecular formula is C11H15NO5S. The Morgan fingerprint density at radius 2 is 2.11 bits per heavy atom. The molecule has 0 aliphatic carbocycles. The molecule has 0 spiro atoms. The molecule has 0 radical (unpaired) electrons. The standard InChI is InChI=1S/C11H15NO5S/c1-4-5-10(13)16-8-9-6-7-11(17-9)18(14,15)12(2)3/h4-7H,8H2,1-3H3/b5-4+. The molecule has 1 aromatic heterocycles. The molecule has 1 heterocycles. The summed E-state index contributed by atoms with van der Waals surface area (Å²) in [7, 11) is -0.780. The molecule has 6 nitrogen and oxygen atoms in total. The van der Waals surface area contributed by atoms with E-state index in [9.17, 15) is 13.2 Å². The van der Waals surface area contributed by atoms with Crippen LogP contribution in [0.3, 0.4) is 0 Å². The van der Waals surface area contributed by atoms with Crippen molar-refractivity contribution in [1.82, 2.24) is 4.31 Å². The van der Waals surface area contributed by atoms with Crippen LogP contribution in [0.1, 0.15) is 12.7 Å². The van der Waals surface area contributed by atoms with E-state index in [1.54, 1.807) is 13.0 Å². The lowest BCUT2D eigenvalue weighted by atomic mass is 10.5. The molecule has 0 fully saturated rings. The number of furan rings is 1. The summed E-state index contributed by atoms with van der Waals surface area (Å²) < 4.78 is 34.4. The fourth-order valence-corrected chi connectivity index (χ4v) is 1.89. The molecule has 0 aromatic carbocycles. The van der Waals surface area contributed by atoms with Gasteiger partial charge in [0.25, 0.3) is 10.0 Å². The Kier molecular flexibility index (Phi) is 4.69. The minimum Gasteiger partial charge on any atom is -0.454 e. The lowest BCUT2D eigenvalue weighted by molar-refractivity contribution is -0.139. The van der Waals surface area contributed by atoms with Gasteiger partial charge in [0.05, 0.1) is 0 Å². The Labute approximate surface area is 106 Å². The van der Waals surface area contributed by atoms with E-state index in [1.807, 2.05) is 0 Å². The van der Waals surface area contributed by atoms with E-state index in [0.29, 0.717) is 0 Å². The van der Waals surface area contributed by atoms with Gasteiger partial charge in [-0.3, -0.25) is 0 Å². The van der Waals surface area contributed by atoms with Crippen molar-refractivity contribution in [3.05, 3.63) is 30.0 Å². The lowest BCUT2D eigenvalue weighted by Crippen LogP contribution is -2.21. The van der Waals surface area contributed by atoms with Gasteiger partial charge in [0.1, 0.15) is 12.4 Å². The highest BCUT2D eigenvalue weighted by Crippen LogP contribution is 2.17. The van der Waals surface area contributed by atoms with Gasteiger partial charge in [-0.1, -0.05) is 6.08 Å². The number of carbonyl (C=O) groups is 1. The van der Waals surface area contributed by atoms with Crippen molar-refractivity contribution >= 4 is 16.0 Å². The number of nitrogens with zero attached hydrogens (tertiary/aromatic N) is 1. The maximum Gasteiger partial charge on any atom is 0.330 e. The third-order valence-corrected chi connectivity index (χ3v) is 3.72. The summed E-state index contributed by atoms with van der Waals surface area (Å²) in [6.45, 7) is 1.59. The lowest BCUT2D eigenvalue weighted by Gasteiger charge is -2.07. The van der Waals surface area contributed by atoms with Gasteiger partial charge in [0.15, 0.2) is 0 Å². The first kappa shape index (κ1) is 14.5. The molecule has 0 unspecified atom stereocenters. The minimum atomic E-state index is -3.59. The maximum atomic E-state index is 11.7. The van der Waals surface area contributed by atoms with Crippen LogP contribution in [-0.2, 0) is 26.2 Å². The summed E-state index contributed by atoms with van der Waals surface area (Å²) in [6, 6.07) is 2.79. The van der Waals surface area contributed by atoms with Gasteiger partial charge in [0.2, 0.25) is 5.09 Å². The number of sulfonamides is 1. The molecule has 0 atom stereocenters. The third kappa shape index (κ3) is 3.44. The summed E-state index contributed by atoms with van der Waals surface area (Å²) in [6.07, 6.45) is 2.81. The Bertz CT molecular complexity index is 542. The van der Waals surface area contributed by atoms with Crippen molar-refractivity contribution in [2.24, 2.45) is 0 Å². The molecule has 0 saturated carbocycles. The average molecular weight is 273 g/mol. The average Bonchev–Trinajstić information content (AvgIpc) is 2.75. The number of ether oxygens (including phenoxy) is 1. The normalized spacial score (nSPS) is 12.2. The van der Waals surface area contributed by atoms with Crippen molar-refractivity contribution in [2.75, 3.05) is 14.1 Å². The molecule has 1 rings (SSSR count). The van der Waals surface area contributed by atoms with Gasteiger partial charge in [-0.25, -0.2) is 17.5 Å². The summed E-state index contributed by atoms with van der Waals surface area (Å²) in [5.41, 5.74) is 0. The summed E-state index contributed by atoms with van der Waals surface area (Å²) in [5.74, 6) is -0.237. The first-order chi connectivity index (χ1) is 8.37. The topological polar surface area (TPSA) is 76.8 Å². The van der Waals surface area contributed by atoms with Gasteiger partial charge in [-0.15, -0.1) is 0 Å². The maximum absolute atomic E-state index is 11.7. The van der Waals surface area contributed by atoms with E-state index in [4.69, 9.17) is 9.15 Å². The van der Waals surface area contributed by atoms with Crippen LogP contribution in [0.25, 0.3) is 0 Å². The number of allylic oxidation sites excluding steroid dienone is 1. The highest BCUT2D eigenvalue weighted by molar-refractivity contribution is 7.88. The molecule has 100 valence electrons. The first-order valence-electron chi connectivity index (χ1n) is 5.18. The number of hydrogen-bond donors (Lipinski definition) is 0. The fourth-order valence-electron chi connectivity index (χ4n) is 1.08. The molecule has 0 aliphatic heterocycles. The van der Waals surface area contributed by atoms with Crippen molar-refractivity contribution in [2.45, 2.75) is 18.6 Å². The van der Waals surface area contributed by atoms with Crippen molar-refractivity contribution in [3.8, 4) is 0 Å². The van der Waals surface area contributed by atoms with Crippen LogP contribution < -0.4 is 0 Å². The summed E-state index contributed by atoms with van der Waals surface area (Å²) >= 11 is 0. The van der Waals surface area contributed by atoms with Crippen LogP contribution in [-0.4, -0.2) is 32.8 Å². The number of hydrogen-bond acceptors (Lipinski definition) is 5. The zero-order chi connectivity index (χ0) is 13.8. The monoisotopic (exact) mass is 273 g/mol. The second kappa shape index (κ2) is 5.83. The van der Waals surface area contributed by atoms with Gasteiger partial charge in [0, 0.05) is 20.2 Å². The van der Waals surface area contributed by atoms with Gasteiger partial charge >= 0.3 is 5.97 Å². The number of rotatable bonds is 5. The zero-order valence-electron chi connectivity index (χ0n) is 10.4. The Morgan fingerprint density at radius 1 is 1.44 bits per heavy atom. The van der Waals surface area contributed by atoms with E-state index in [-0.39, 0.29) is 17.5 Å². The van der Waals surface area contributed by atoms with Crippen LogP contribution in [0.2, 0.25) is 0 Å². The quantitative estimate of drug-likeness (QED) is 0.594. The Balaban J connectivity index is 2.73. The largest absolute Gasteiger partial charge is 0.454 e. The highest BCUT2D eigenvalue weighted by Gasteiger charge is 2.21. The van der Waals surface area contributed by atoms with Crippen molar-refractivity contribution in [3.63, 3.8) is 0 Å². The number of carbonyl (C=O) groups excluding carboxylic acids is 1. The van der Waals surface area contributed by atoms with Crippen molar-refractivity contribution in [1.29, 1.82) is 0 Å². The van der Waals surface area contributed by atoms with Gasteiger partial charge < -0.3 is 9.15 Å². The van der Waals surface area contributed by atoms with Crippen LogP contribution in [0.4, 0.5) is 0 Å². The third-order valence-electron chi connectivity index (χ3n) is 2.03. The molecule has 0 saturated heterocycles. The van der Waals surface area contributed by atoms with E-state index in [0.717, 1.165) is 4.31 Å². The Hall–Kier alpha value is -1.60. The molecule has 0 amide bonds. The van der Waals surface area contributed by atoms with E-state index < -0.39 is 16.0 Å². The predicted molar refractivity (Wildman–Crippen MR) is 64.2 cm³/mol. The predicted octanol–water partition coefficient (Wildman–Crippen LogP) is 1.15. The Morgan fingerprint density at radius 3 is 2.67 bits per heavy atom. The summed E-state index contributed by atoms with van der Waals surface area (Å²) in [4.78, 5) is 11.1. The van der Waals surface area contributed by atoms with Crippen LogP contribution in [0.15, 0.2) is 33.8 Å². The summed E-state index contributed by atoms with van der Waals surface area (Å²) in [5, 5.41) is -0.176. The van der Waals surface area contributed by atoms with Crippen molar-refractivity contribution < 1.29 is 22.4 Å². The zero-order valence-corrected chi connectivity index (χ0v) is 11.2.